The molecule has 4 aromatic rings. The van der Waals surface area contributed by atoms with E-state index in [1.165, 1.54) is 4.70 Å². The molecule has 2 aromatic carbocycles. The molecule has 2 heterocycles. The molecule has 0 aliphatic carbocycles. The van der Waals surface area contributed by atoms with Crippen molar-refractivity contribution in [2.75, 3.05) is 0 Å². The van der Waals surface area contributed by atoms with E-state index in [0.717, 1.165) is 21.7 Å². The molecule has 5 heteroatoms. The average Bonchev–Trinajstić information content (AvgIpc) is 3.13. The Hall–Kier alpha value is -2.53. The number of rotatable bonds is 2. The Bertz CT molecular complexity index is 876. The Morgan fingerprint density at radius 3 is 2.38 bits per heavy atom. The minimum atomic E-state index is 0.545. The molecule has 0 bridgehead atoms. The van der Waals surface area contributed by atoms with Crippen LogP contribution >= 0.6 is 11.3 Å². The maximum atomic E-state index is 5.43. The van der Waals surface area contributed by atoms with Crippen LogP contribution in [0.15, 0.2) is 52.9 Å². The molecule has 0 aliphatic heterocycles. The maximum absolute atomic E-state index is 5.43. The molecular weight excluding hydrogens is 282 g/mol. The highest BCUT2D eigenvalue weighted by Gasteiger charge is 2.08. The van der Waals surface area contributed by atoms with Gasteiger partial charge in [0.25, 0.3) is 0 Å². The average molecular weight is 293 g/mol. The smallest absolute Gasteiger partial charge is 0.247 e. The lowest BCUT2D eigenvalue weighted by Gasteiger charge is -1.97. The Morgan fingerprint density at radius 1 is 0.905 bits per heavy atom. The second-order valence-electron chi connectivity index (χ2n) is 4.69. The molecule has 0 amide bonds. The fraction of sp³-hybridized carbons (Fsp3) is 0.0625. The summed E-state index contributed by atoms with van der Waals surface area (Å²) >= 11 is 1.69. The van der Waals surface area contributed by atoms with Gasteiger partial charge in [0.15, 0.2) is 0 Å². The zero-order valence-corrected chi connectivity index (χ0v) is 12.1. The number of aryl methyl sites for hydroxylation is 1. The van der Waals surface area contributed by atoms with Crippen LogP contribution in [0.2, 0.25) is 0 Å². The number of fused-ring (bicyclic) bond motifs is 1. The third kappa shape index (κ3) is 2.21. The molecule has 4 rings (SSSR count). The molecule has 0 radical (unpaired) electrons. The highest BCUT2D eigenvalue weighted by Crippen LogP contribution is 2.31. The summed E-state index contributed by atoms with van der Waals surface area (Å²) in [7, 11) is 0. The van der Waals surface area contributed by atoms with Crippen molar-refractivity contribution in [3.05, 3.63) is 54.4 Å². The van der Waals surface area contributed by atoms with Gasteiger partial charge in [0.05, 0.1) is 10.2 Å². The fourth-order valence-electron chi connectivity index (χ4n) is 2.16. The van der Waals surface area contributed by atoms with Crippen molar-refractivity contribution in [3.63, 3.8) is 0 Å². The molecule has 0 saturated carbocycles. The standard InChI is InChI=1S/C16H11N3OS/c1-10-18-19-15(20-10)11-6-8-12(9-7-11)16-17-13-4-2-3-5-14(13)21-16/h2-9H,1H3. The van der Waals surface area contributed by atoms with E-state index in [0.29, 0.717) is 11.8 Å². The predicted octanol–water partition coefficient (Wildman–Crippen LogP) is 4.32. The first kappa shape index (κ1) is 12.2. The van der Waals surface area contributed by atoms with E-state index < -0.39 is 0 Å². The summed E-state index contributed by atoms with van der Waals surface area (Å²) in [6.07, 6.45) is 0. The van der Waals surface area contributed by atoms with Crippen LogP contribution in [-0.2, 0) is 0 Å². The number of hydrogen-bond acceptors (Lipinski definition) is 5. The molecule has 21 heavy (non-hydrogen) atoms. The van der Waals surface area contributed by atoms with Crippen LogP contribution in [0.4, 0.5) is 0 Å². The molecule has 0 N–H and O–H groups in total. The van der Waals surface area contributed by atoms with Gasteiger partial charge in [-0.15, -0.1) is 21.5 Å². The molecule has 2 aromatic heterocycles. The first-order valence-electron chi connectivity index (χ1n) is 6.56. The van der Waals surface area contributed by atoms with Crippen LogP contribution in [0.25, 0.3) is 32.2 Å². The summed E-state index contributed by atoms with van der Waals surface area (Å²) in [6.45, 7) is 1.78. The van der Waals surface area contributed by atoms with Gasteiger partial charge in [-0.3, -0.25) is 0 Å². The van der Waals surface area contributed by atoms with Gasteiger partial charge in [0.1, 0.15) is 5.01 Å². The highest BCUT2D eigenvalue weighted by atomic mass is 32.1. The molecular formula is C16H11N3OS. The molecule has 0 atom stereocenters. The minimum Gasteiger partial charge on any atom is -0.421 e. The first-order chi connectivity index (χ1) is 10.3. The van der Waals surface area contributed by atoms with E-state index >= 15 is 0 Å². The van der Waals surface area contributed by atoms with Gasteiger partial charge in [-0.2, -0.15) is 0 Å². The van der Waals surface area contributed by atoms with E-state index in [2.05, 4.69) is 21.2 Å². The van der Waals surface area contributed by atoms with Crippen molar-refractivity contribution in [3.8, 4) is 22.0 Å². The lowest BCUT2D eigenvalue weighted by molar-refractivity contribution is 0.533. The van der Waals surface area contributed by atoms with E-state index in [1.807, 2.05) is 42.5 Å². The molecule has 0 spiro atoms. The number of hydrogen-bond donors (Lipinski definition) is 0. The van der Waals surface area contributed by atoms with Crippen molar-refractivity contribution in [1.29, 1.82) is 0 Å². The van der Waals surface area contributed by atoms with Gasteiger partial charge in [-0.05, 0) is 24.3 Å². The number of aromatic nitrogens is 3. The number of thiazole rings is 1. The van der Waals surface area contributed by atoms with Crippen LogP contribution in [0, 0.1) is 6.92 Å². The SMILES string of the molecule is Cc1nnc(-c2ccc(-c3nc4ccccc4s3)cc2)o1. The summed E-state index contributed by atoms with van der Waals surface area (Å²) in [5, 5.41) is 8.89. The quantitative estimate of drug-likeness (QED) is 0.552. The number of para-hydroxylation sites is 1. The van der Waals surface area contributed by atoms with E-state index in [9.17, 15) is 0 Å². The maximum Gasteiger partial charge on any atom is 0.247 e. The van der Waals surface area contributed by atoms with Gasteiger partial charge in [0, 0.05) is 18.1 Å². The zero-order chi connectivity index (χ0) is 14.2. The van der Waals surface area contributed by atoms with Gasteiger partial charge in [-0.1, -0.05) is 24.3 Å². The number of benzene rings is 2. The molecule has 0 aliphatic rings. The topological polar surface area (TPSA) is 51.8 Å². The van der Waals surface area contributed by atoms with Gasteiger partial charge in [-0.25, -0.2) is 4.98 Å². The number of nitrogens with zero attached hydrogens (tertiary/aromatic N) is 3. The van der Waals surface area contributed by atoms with Crippen molar-refractivity contribution in [2.45, 2.75) is 6.92 Å². The first-order valence-corrected chi connectivity index (χ1v) is 7.38. The predicted molar refractivity (Wildman–Crippen MR) is 83.1 cm³/mol. The van der Waals surface area contributed by atoms with Gasteiger partial charge < -0.3 is 4.42 Å². The molecule has 0 fully saturated rings. The van der Waals surface area contributed by atoms with E-state index in [4.69, 9.17) is 4.42 Å². The molecule has 4 nitrogen and oxygen atoms in total. The van der Waals surface area contributed by atoms with Gasteiger partial charge >= 0.3 is 0 Å². The fourth-order valence-corrected chi connectivity index (χ4v) is 3.14. The second-order valence-corrected chi connectivity index (χ2v) is 5.72. The molecule has 102 valence electrons. The van der Waals surface area contributed by atoms with E-state index in [-0.39, 0.29) is 0 Å². The second kappa shape index (κ2) is 4.79. The highest BCUT2D eigenvalue weighted by molar-refractivity contribution is 7.21. The zero-order valence-electron chi connectivity index (χ0n) is 11.3. The normalized spacial score (nSPS) is 11.1. The van der Waals surface area contributed by atoms with Crippen LogP contribution in [0.5, 0.6) is 0 Å². The van der Waals surface area contributed by atoms with Crippen molar-refractivity contribution in [1.82, 2.24) is 15.2 Å². The Balaban J connectivity index is 1.72. The largest absolute Gasteiger partial charge is 0.421 e. The van der Waals surface area contributed by atoms with Crippen LogP contribution in [-0.4, -0.2) is 15.2 Å². The van der Waals surface area contributed by atoms with Crippen LogP contribution < -0.4 is 0 Å². The molecule has 0 unspecified atom stereocenters. The monoisotopic (exact) mass is 293 g/mol. The summed E-state index contributed by atoms with van der Waals surface area (Å²) in [5.41, 5.74) is 3.05. The van der Waals surface area contributed by atoms with Crippen molar-refractivity contribution >= 4 is 21.6 Å². The Kier molecular flexibility index (Phi) is 2.79. The van der Waals surface area contributed by atoms with Crippen LogP contribution in [0.3, 0.4) is 0 Å². The van der Waals surface area contributed by atoms with E-state index in [1.54, 1.807) is 18.3 Å². The van der Waals surface area contributed by atoms with Crippen LogP contribution in [0.1, 0.15) is 5.89 Å². The van der Waals surface area contributed by atoms with Crippen molar-refractivity contribution < 1.29 is 4.42 Å². The lowest BCUT2D eigenvalue weighted by atomic mass is 10.1. The van der Waals surface area contributed by atoms with Gasteiger partial charge in [0.2, 0.25) is 11.8 Å². The third-order valence-electron chi connectivity index (χ3n) is 3.20. The lowest BCUT2D eigenvalue weighted by Crippen LogP contribution is -1.80. The summed E-state index contributed by atoms with van der Waals surface area (Å²) in [4.78, 5) is 4.66. The minimum absolute atomic E-state index is 0.545. The Morgan fingerprint density at radius 2 is 1.67 bits per heavy atom. The molecule has 0 saturated heterocycles. The third-order valence-corrected chi connectivity index (χ3v) is 4.28. The van der Waals surface area contributed by atoms with Crippen molar-refractivity contribution in [2.24, 2.45) is 0 Å². The summed E-state index contributed by atoms with van der Waals surface area (Å²) in [5.74, 6) is 1.11. The Labute approximate surface area is 125 Å². The summed E-state index contributed by atoms with van der Waals surface area (Å²) < 4.78 is 6.63. The summed E-state index contributed by atoms with van der Waals surface area (Å²) in [6, 6.07) is 16.2.